The van der Waals surface area contributed by atoms with Gasteiger partial charge in [0.2, 0.25) is 0 Å². The molecule has 144 valence electrons. The molecule has 1 aromatic carbocycles. The fourth-order valence-corrected chi connectivity index (χ4v) is 3.83. The summed E-state index contributed by atoms with van der Waals surface area (Å²) >= 11 is 0. The zero-order chi connectivity index (χ0) is 19.6. The number of hydrogen-bond donors (Lipinski definition) is 1. The number of amides is 1. The number of nitrogens with zero attached hydrogens (tertiary/aromatic N) is 3. The van der Waals surface area contributed by atoms with Crippen LogP contribution >= 0.6 is 0 Å². The van der Waals surface area contributed by atoms with E-state index < -0.39 is 11.4 Å². The van der Waals surface area contributed by atoms with Crippen molar-refractivity contribution in [2.75, 3.05) is 13.1 Å². The van der Waals surface area contributed by atoms with E-state index in [4.69, 9.17) is 0 Å². The molecule has 6 heteroatoms. The van der Waals surface area contributed by atoms with E-state index in [2.05, 4.69) is 18.9 Å². The number of benzene rings is 1. The van der Waals surface area contributed by atoms with Gasteiger partial charge in [0.1, 0.15) is 0 Å². The molecular weight excluding hydrogens is 342 g/mol. The lowest BCUT2D eigenvalue weighted by atomic mass is 9.73. The zero-order valence-electron chi connectivity index (χ0n) is 16.2. The molecule has 1 fully saturated rings. The van der Waals surface area contributed by atoms with Crippen LogP contribution in [0.2, 0.25) is 0 Å². The average Bonchev–Trinajstić information content (AvgIpc) is 3.01. The Labute approximate surface area is 159 Å². The van der Waals surface area contributed by atoms with Gasteiger partial charge in [-0.25, -0.2) is 0 Å². The van der Waals surface area contributed by atoms with E-state index in [-0.39, 0.29) is 5.91 Å². The van der Waals surface area contributed by atoms with E-state index in [1.165, 1.54) is 0 Å². The molecule has 0 bridgehead atoms. The summed E-state index contributed by atoms with van der Waals surface area (Å²) in [5.41, 5.74) is 1.37. The van der Waals surface area contributed by atoms with E-state index in [1.807, 2.05) is 41.9 Å². The van der Waals surface area contributed by atoms with E-state index in [9.17, 15) is 14.7 Å². The zero-order valence-corrected chi connectivity index (χ0v) is 16.2. The number of piperidine rings is 1. The van der Waals surface area contributed by atoms with Gasteiger partial charge in [0.05, 0.1) is 17.2 Å². The Balaban J connectivity index is 1.76. The van der Waals surface area contributed by atoms with Crippen LogP contribution in [0.25, 0.3) is 0 Å². The van der Waals surface area contributed by atoms with Crippen molar-refractivity contribution in [1.29, 1.82) is 0 Å². The van der Waals surface area contributed by atoms with Gasteiger partial charge in [0.15, 0.2) is 0 Å². The number of hydrogen-bond acceptors (Lipinski definition) is 3. The van der Waals surface area contributed by atoms with Crippen LogP contribution in [0.3, 0.4) is 0 Å². The summed E-state index contributed by atoms with van der Waals surface area (Å²) in [4.78, 5) is 26.8. The molecular formula is C21H27N3O3. The maximum absolute atomic E-state index is 13.0. The van der Waals surface area contributed by atoms with Gasteiger partial charge < -0.3 is 10.0 Å². The molecule has 1 aromatic heterocycles. The second-order valence-electron chi connectivity index (χ2n) is 7.77. The number of carboxylic acid groups (broad SMARTS) is 1. The van der Waals surface area contributed by atoms with Gasteiger partial charge in [-0.1, -0.05) is 44.2 Å². The first kappa shape index (κ1) is 19.1. The van der Waals surface area contributed by atoms with Gasteiger partial charge >= 0.3 is 5.97 Å². The quantitative estimate of drug-likeness (QED) is 0.879. The molecule has 0 saturated carbocycles. The second-order valence-corrected chi connectivity index (χ2v) is 7.77. The molecule has 0 spiro atoms. The fourth-order valence-electron chi connectivity index (χ4n) is 3.83. The molecule has 1 amide bonds. The van der Waals surface area contributed by atoms with Gasteiger partial charge in [0, 0.05) is 25.3 Å². The van der Waals surface area contributed by atoms with Gasteiger partial charge in [0.25, 0.3) is 5.91 Å². The van der Waals surface area contributed by atoms with Crippen LogP contribution in [0.1, 0.15) is 48.3 Å². The van der Waals surface area contributed by atoms with Crippen LogP contribution in [-0.2, 0) is 16.8 Å². The predicted molar refractivity (Wildman–Crippen MR) is 103 cm³/mol. The molecule has 2 heterocycles. The Morgan fingerprint density at radius 2 is 1.81 bits per heavy atom. The van der Waals surface area contributed by atoms with Crippen molar-refractivity contribution in [2.45, 2.75) is 45.6 Å². The van der Waals surface area contributed by atoms with Crippen LogP contribution in [0.5, 0.6) is 0 Å². The van der Waals surface area contributed by atoms with E-state index in [0.29, 0.717) is 37.4 Å². The van der Waals surface area contributed by atoms with Gasteiger partial charge in [-0.15, -0.1) is 0 Å². The average molecular weight is 369 g/mol. The van der Waals surface area contributed by atoms with E-state index in [1.54, 1.807) is 11.1 Å². The Kier molecular flexibility index (Phi) is 5.35. The predicted octanol–water partition coefficient (Wildman–Crippen LogP) is 3.11. The molecule has 0 atom stereocenters. The molecule has 2 aromatic rings. The number of carboxylic acids is 1. The van der Waals surface area contributed by atoms with Crippen LogP contribution in [0.4, 0.5) is 0 Å². The summed E-state index contributed by atoms with van der Waals surface area (Å²) in [6.07, 6.45) is 2.46. The minimum Gasteiger partial charge on any atom is -0.481 e. The first-order chi connectivity index (χ1) is 12.8. The lowest BCUT2D eigenvalue weighted by molar-refractivity contribution is -0.145. The summed E-state index contributed by atoms with van der Waals surface area (Å²) in [5, 5.41) is 14.2. The number of carbonyl (C=O) groups is 2. The van der Waals surface area contributed by atoms with Crippen LogP contribution in [0, 0.1) is 12.8 Å². The number of likely N-dealkylation sites (tertiary alicyclic amines) is 1. The molecule has 1 aliphatic rings. The molecule has 0 aliphatic carbocycles. The molecule has 1 aliphatic heterocycles. The van der Waals surface area contributed by atoms with Crippen molar-refractivity contribution in [3.05, 3.63) is 53.3 Å². The number of aliphatic carboxylic acids is 1. The maximum Gasteiger partial charge on any atom is 0.314 e. The van der Waals surface area contributed by atoms with Crippen LogP contribution in [-0.4, -0.2) is 44.8 Å². The highest BCUT2D eigenvalue weighted by molar-refractivity contribution is 5.95. The lowest BCUT2D eigenvalue weighted by Gasteiger charge is -2.39. The van der Waals surface area contributed by atoms with Crippen molar-refractivity contribution in [3.8, 4) is 0 Å². The first-order valence-corrected chi connectivity index (χ1v) is 9.46. The summed E-state index contributed by atoms with van der Waals surface area (Å²) in [6.45, 7) is 7.77. The number of rotatable bonds is 5. The third-order valence-corrected chi connectivity index (χ3v) is 5.51. The summed E-state index contributed by atoms with van der Waals surface area (Å²) in [5.74, 6) is -0.431. The summed E-state index contributed by atoms with van der Waals surface area (Å²) in [6, 6.07) is 9.35. The fraction of sp³-hybridized carbons (Fsp3) is 0.476. The van der Waals surface area contributed by atoms with Crippen molar-refractivity contribution in [1.82, 2.24) is 14.7 Å². The lowest BCUT2D eigenvalue weighted by Crippen LogP contribution is -2.49. The Morgan fingerprint density at radius 3 is 2.37 bits per heavy atom. The van der Waals surface area contributed by atoms with Gasteiger partial charge in [-0.3, -0.25) is 14.3 Å². The minimum absolute atomic E-state index is 0.0606. The van der Waals surface area contributed by atoms with Crippen molar-refractivity contribution < 1.29 is 14.7 Å². The summed E-state index contributed by atoms with van der Waals surface area (Å²) in [7, 11) is 0. The van der Waals surface area contributed by atoms with E-state index in [0.717, 1.165) is 17.8 Å². The Bertz CT molecular complexity index is 818. The van der Waals surface area contributed by atoms with Gasteiger partial charge in [-0.2, -0.15) is 5.10 Å². The van der Waals surface area contributed by atoms with E-state index >= 15 is 0 Å². The molecule has 6 nitrogen and oxygen atoms in total. The Hall–Kier alpha value is -2.63. The van der Waals surface area contributed by atoms with Crippen LogP contribution < -0.4 is 0 Å². The number of aromatic nitrogens is 2. The Morgan fingerprint density at radius 1 is 1.19 bits per heavy atom. The van der Waals surface area contributed by atoms with Crippen molar-refractivity contribution in [2.24, 2.45) is 5.92 Å². The largest absolute Gasteiger partial charge is 0.481 e. The highest BCUT2D eigenvalue weighted by Crippen LogP contribution is 2.36. The highest BCUT2D eigenvalue weighted by atomic mass is 16.4. The molecule has 3 rings (SSSR count). The summed E-state index contributed by atoms with van der Waals surface area (Å²) < 4.78 is 1.87. The number of carbonyl (C=O) groups excluding carboxylic acids is 1. The second kappa shape index (κ2) is 7.55. The molecule has 1 saturated heterocycles. The normalized spacial score (nSPS) is 16.5. The maximum atomic E-state index is 13.0. The topological polar surface area (TPSA) is 75.4 Å². The highest BCUT2D eigenvalue weighted by Gasteiger charge is 2.44. The van der Waals surface area contributed by atoms with Gasteiger partial charge in [-0.05, 0) is 31.2 Å². The minimum atomic E-state index is -0.922. The molecule has 1 N–H and O–H groups in total. The van der Waals surface area contributed by atoms with Crippen molar-refractivity contribution in [3.63, 3.8) is 0 Å². The molecule has 27 heavy (non-hydrogen) atoms. The molecule has 0 radical (unpaired) electrons. The van der Waals surface area contributed by atoms with Crippen LogP contribution in [0.15, 0.2) is 36.5 Å². The van der Waals surface area contributed by atoms with Crippen molar-refractivity contribution >= 4 is 11.9 Å². The monoisotopic (exact) mass is 369 g/mol. The third kappa shape index (κ3) is 3.61. The molecule has 0 unspecified atom stereocenters. The first-order valence-electron chi connectivity index (χ1n) is 9.46. The SMILES string of the molecule is Cc1c(C(=O)N2CCC(C(=O)O)(c3ccccc3)CC2)cnn1CC(C)C. The smallest absolute Gasteiger partial charge is 0.314 e. The standard InChI is InChI=1S/C21H27N3O3/c1-15(2)14-24-16(3)18(13-22-24)19(25)23-11-9-21(10-12-23,20(26)27)17-7-5-4-6-8-17/h4-8,13,15H,9-12,14H2,1-3H3,(H,26,27). The third-order valence-electron chi connectivity index (χ3n) is 5.51.